The molecule has 0 radical (unpaired) electrons. The number of halogens is 1. The summed E-state index contributed by atoms with van der Waals surface area (Å²) in [6, 6.07) is 14.0. The molecule has 0 saturated carbocycles. The van der Waals surface area contributed by atoms with E-state index in [4.69, 9.17) is 24.4 Å². The minimum absolute atomic E-state index is 0.0409. The summed E-state index contributed by atoms with van der Waals surface area (Å²) in [5.41, 5.74) is 2.46. The second-order valence-electron chi connectivity index (χ2n) is 10.4. The molecule has 3 amide bonds. The van der Waals surface area contributed by atoms with Gasteiger partial charge in [0.15, 0.2) is 6.29 Å². The van der Waals surface area contributed by atoms with Crippen molar-refractivity contribution in [2.24, 2.45) is 0 Å². The maximum absolute atomic E-state index is 14.8. The molecule has 0 fully saturated rings. The number of hydrogen-bond acceptors (Lipinski definition) is 10. The molecule has 48 heavy (non-hydrogen) atoms. The zero-order valence-electron chi connectivity index (χ0n) is 25.9. The Labute approximate surface area is 274 Å². The fourth-order valence-electron chi connectivity index (χ4n) is 4.42. The molecule has 15 heteroatoms. The normalized spacial score (nSPS) is 12.1. The lowest BCUT2D eigenvalue weighted by Crippen LogP contribution is -2.42. The van der Waals surface area contributed by atoms with Crippen LogP contribution in [0.1, 0.15) is 28.8 Å². The third-order valence-corrected chi connectivity index (χ3v) is 6.68. The first-order valence-corrected chi connectivity index (χ1v) is 14.9. The number of esters is 1. The lowest BCUT2D eigenvalue weighted by Gasteiger charge is -2.19. The number of nitrogens with one attached hydrogen (secondary N) is 4. The molecule has 1 unspecified atom stereocenters. The van der Waals surface area contributed by atoms with Crippen LogP contribution in [0.25, 0.3) is 11.4 Å². The summed E-state index contributed by atoms with van der Waals surface area (Å²) < 4.78 is 30.6. The van der Waals surface area contributed by atoms with E-state index in [9.17, 15) is 23.9 Å². The second-order valence-corrected chi connectivity index (χ2v) is 10.4. The second kappa shape index (κ2) is 17.5. The number of benzene rings is 2. The van der Waals surface area contributed by atoms with Crippen molar-refractivity contribution in [3.05, 3.63) is 90.0 Å². The van der Waals surface area contributed by atoms with Gasteiger partial charge in [-0.25, -0.2) is 14.0 Å². The van der Waals surface area contributed by atoms with Crippen molar-refractivity contribution in [3.8, 4) is 22.9 Å². The quantitative estimate of drug-likeness (QED) is 0.0683. The van der Waals surface area contributed by atoms with E-state index >= 15 is 0 Å². The number of aromatic amines is 1. The average Bonchev–Trinajstić information content (AvgIpc) is 3.57. The van der Waals surface area contributed by atoms with Gasteiger partial charge in [0.1, 0.15) is 30.0 Å². The van der Waals surface area contributed by atoms with Gasteiger partial charge in [-0.3, -0.25) is 9.78 Å². The molecule has 14 nitrogen and oxygen atoms in total. The van der Waals surface area contributed by atoms with Crippen LogP contribution in [0.3, 0.4) is 0 Å². The number of nitrogens with zero attached hydrogens (tertiary/aromatic N) is 1. The lowest BCUT2D eigenvalue weighted by molar-refractivity contribution is -0.148. The maximum Gasteiger partial charge on any atom is 0.328 e. The van der Waals surface area contributed by atoms with Crippen LogP contribution in [0.15, 0.2) is 73.1 Å². The molecule has 0 bridgehead atoms. The molecule has 254 valence electrons. The van der Waals surface area contributed by atoms with Gasteiger partial charge in [-0.15, -0.1) is 0 Å². The van der Waals surface area contributed by atoms with Crippen molar-refractivity contribution in [2.45, 2.75) is 32.1 Å². The molecule has 0 spiro atoms. The van der Waals surface area contributed by atoms with Crippen LogP contribution >= 0.6 is 0 Å². The van der Waals surface area contributed by atoms with Gasteiger partial charge in [-0.05, 0) is 55.3 Å². The Bertz CT molecular complexity index is 1700. The van der Waals surface area contributed by atoms with E-state index in [-0.39, 0.29) is 49.7 Å². The Kier molecular flexibility index (Phi) is 13.0. The number of aryl methyl sites for hydroxylation is 1. The van der Waals surface area contributed by atoms with Crippen molar-refractivity contribution >= 4 is 29.3 Å². The summed E-state index contributed by atoms with van der Waals surface area (Å²) >= 11 is 0. The highest BCUT2D eigenvalue weighted by molar-refractivity contribution is 6.00. The Morgan fingerprint density at radius 3 is 2.50 bits per heavy atom. The number of pyridine rings is 1. The fourth-order valence-corrected chi connectivity index (χ4v) is 4.42. The first kappa shape index (κ1) is 35.5. The molecule has 0 saturated heterocycles. The highest BCUT2D eigenvalue weighted by atomic mass is 19.1. The minimum atomic E-state index is -1.27. The van der Waals surface area contributed by atoms with E-state index in [2.05, 4.69) is 25.9 Å². The number of ether oxygens (including phenoxy) is 3. The predicted molar refractivity (Wildman–Crippen MR) is 172 cm³/mol. The van der Waals surface area contributed by atoms with Crippen LogP contribution in [-0.4, -0.2) is 82.0 Å². The number of H-pyrrole nitrogens is 1. The van der Waals surface area contributed by atoms with Crippen LogP contribution in [0.2, 0.25) is 0 Å². The van der Waals surface area contributed by atoms with Crippen molar-refractivity contribution in [3.63, 3.8) is 0 Å². The van der Waals surface area contributed by atoms with Gasteiger partial charge in [0.25, 0.3) is 5.91 Å². The first-order valence-electron chi connectivity index (χ1n) is 14.9. The number of aliphatic hydroxyl groups excluding tert-OH is 3. The molecule has 2 aromatic carbocycles. The summed E-state index contributed by atoms with van der Waals surface area (Å²) in [4.78, 5) is 45.1. The molecular formula is C33H36FN5O9. The van der Waals surface area contributed by atoms with E-state index in [0.717, 1.165) is 11.6 Å². The number of urea groups is 1. The van der Waals surface area contributed by atoms with Gasteiger partial charge in [0.2, 0.25) is 0 Å². The predicted octanol–water partition coefficient (Wildman–Crippen LogP) is 3.70. The monoisotopic (exact) mass is 665 g/mol. The molecule has 4 aromatic rings. The molecule has 0 aliphatic carbocycles. The number of carbonyl (C=O) groups is 3. The van der Waals surface area contributed by atoms with Crippen LogP contribution in [0, 0.1) is 12.7 Å². The summed E-state index contributed by atoms with van der Waals surface area (Å²) in [6.45, 7) is 0.812. The third kappa shape index (κ3) is 10.6. The average molecular weight is 666 g/mol. The molecule has 7 N–H and O–H groups in total. The minimum Gasteiger partial charge on any atom is -0.462 e. The number of aliphatic hydroxyl groups is 3. The van der Waals surface area contributed by atoms with Crippen molar-refractivity contribution in [1.29, 1.82) is 0 Å². The van der Waals surface area contributed by atoms with E-state index < -0.39 is 42.7 Å². The Morgan fingerprint density at radius 2 is 1.75 bits per heavy atom. The van der Waals surface area contributed by atoms with Gasteiger partial charge in [-0.2, -0.15) is 0 Å². The highest BCUT2D eigenvalue weighted by Gasteiger charge is 2.25. The van der Waals surface area contributed by atoms with Gasteiger partial charge >= 0.3 is 12.0 Å². The van der Waals surface area contributed by atoms with Gasteiger partial charge in [0.05, 0.1) is 42.5 Å². The molecular weight excluding hydrogens is 629 g/mol. The molecule has 4 rings (SSSR count). The first-order chi connectivity index (χ1) is 23.1. The van der Waals surface area contributed by atoms with Gasteiger partial charge in [0, 0.05) is 36.6 Å². The number of rotatable bonds is 16. The number of amides is 3. The molecule has 0 aliphatic heterocycles. The maximum atomic E-state index is 14.8. The summed E-state index contributed by atoms with van der Waals surface area (Å²) in [5.74, 6) is -1.68. The van der Waals surface area contributed by atoms with E-state index in [0.29, 0.717) is 22.8 Å². The van der Waals surface area contributed by atoms with Crippen LogP contribution in [0.5, 0.6) is 11.5 Å². The lowest BCUT2D eigenvalue weighted by atomic mass is 10.1. The van der Waals surface area contributed by atoms with Crippen molar-refractivity contribution < 1.29 is 48.3 Å². The topological polar surface area (TPSA) is 204 Å². The number of hydrogen-bond donors (Lipinski definition) is 7. The van der Waals surface area contributed by atoms with E-state index in [1.54, 1.807) is 30.3 Å². The van der Waals surface area contributed by atoms with Gasteiger partial charge in [-0.1, -0.05) is 12.1 Å². The van der Waals surface area contributed by atoms with Crippen LogP contribution < -0.4 is 20.7 Å². The SMILES string of the molecule is Cc1cccc(NC(=O)Nc2ccc(Oc3ccnc(-c4cc(C(=O)N[C@@H](CCC(O)OCCO)C(=O)OCCO)c[nH]4)c3)cc2F)c1. The summed E-state index contributed by atoms with van der Waals surface area (Å²) in [6.07, 6.45) is 1.51. The molecule has 2 atom stereocenters. The third-order valence-electron chi connectivity index (χ3n) is 6.68. The summed E-state index contributed by atoms with van der Waals surface area (Å²) in [5, 5.41) is 35.4. The largest absolute Gasteiger partial charge is 0.462 e. The van der Waals surface area contributed by atoms with Crippen molar-refractivity contribution in [2.75, 3.05) is 37.1 Å². The summed E-state index contributed by atoms with van der Waals surface area (Å²) in [7, 11) is 0. The smallest absolute Gasteiger partial charge is 0.328 e. The zero-order valence-corrected chi connectivity index (χ0v) is 25.9. The standard InChI is InChI=1S/C33H36FN5O9/c1-20-3-2-4-22(15-20)37-33(45)39-26-6-5-23(17-25(26)34)48-24-9-10-35-29(18-24)28-16-21(19-36-28)31(43)38-27(32(44)47-14-12-41)7-8-30(42)46-13-11-40/h2-6,9-10,15-19,27,30,36,40-42H,7-8,11-14H2,1H3,(H,38,43)(H2,37,39,45)/t27-,30?/m0/s1. The van der Waals surface area contributed by atoms with E-state index in [1.807, 2.05) is 13.0 Å². The Morgan fingerprint density at radius 1 is 0.958 bits per heavy atom. The highest BCUT2D eigenvalue weighted by Crippen LogP contribution is 2.28. The molecule has 2 aromatic heterocycles. The van der Waals surface area contributed by atoms with E-state index in [1.165, 1.54) is 30.6 Å². The molecule has 0 aliphatic rings. The zero-order chi connectivity index (χ0) is 34.5. The van der Waals surface area contributed by atoms with Crippen LogP contribution in [0.4, 0.5) is 20.6 Å². The molecule has 2 heterocycles. The van der Waals surface area contributed by atoms with Crippen molar-refractivity contribution in [1.82, 2.24) is 15.3 Å². The number of carbonyl (C=O) groups excluding carboxylic acids is 3. The van der Waals surface area contributed by atoms with Crippen LogP contribution in [-0.2, 0) is 14.3 Å². The Balaban J connectivity index is 1.38. The fraction of sp³-hybridized carbons (Fsp3) is 0.273. The Hall–Kier alpha value is -5.35. The number of anilines is 2. The van der Waals surface area contributed by atoms with Gasteiger partial charge < -0.3 is 50.5 Å². The number of aromatic nitrogens is 2.